The van der Waals surface area contributed by atoms with E-state index >= 15 is 0 Å². The summed E-state index contributed by atoms with van der Waals surface area (Å²) in [6.07, 6.45) is 1.13. The highest BCUT2D eigenvalue weighted by Crippen LogP contribution is 2.27. The molecule has 0 bridgehead atoms. The maximum Gasteiger partial charge on any atom is 0.182 e. The van der Waals surface area contributed by atoms with E-state index in [0.717, 1.165) is 11.9 Å². The average molecular weight is 524 g/mol. The Labute approximate surface area is 211 Å². The van der Waals surface area contributed by atoms with E-state index in [1.54, 1.807) is 48.5 Å². The van der Waals surface area contributed by atoms with E-state index in [0.29, 0.717) is 28.6 Å². The first-order valence-corrected chi connectivity index (χ1v) is 14.5. The van der Waals surface area contributed by atoms with Gasteiger partial charge >= 0.3 is 0 Å². The van der Waals surface area contributed by atoms with Gasteiger partial charge in [0, 0.05) is 19.0 Å². The molecule has 4 rings (SSSR count). The summed E-state index contributed by atoms with van der Waals surface area (Å²) in [4.78, 5) is 0.355. The van der Waals surface area contributed by atoms with Gasteiger partial charge < -0.3 is 14.8 Å². The second-order valence-corrected chi connectivity index (χ2v) is 12.1. The summed E-state index contributed by atoms with van der Waals surface area (Å²) in [5.41, 5.74) is 1.56. The van der Waals surface area contributed by atoms with E-state index in [1.165, 1.54) is 24.3 Å². The Kier molecular flexibility index (Phi) is 7.32. The number of hydrogen-bond donors (Lipinski definition) is 1. The van der Waals surface area contributed by atoms with E-state index in [2.05, 4.69) is 5.32 Å². The van der Waals surface area contributed by atoms with Crippen LogP contribution >= 0.6 is 0 Å². The first-order chi connectivity index (χ1) is 17.1. The van der Waals surface area contributed by atoms with Crippen molar-refractivity contribution in [1.29, 1.82) is 0 Å². The van der Waals surface area contributed by atoms with Gasteiger partial charge in [0.15, 0.2) is 19.7 Å². The van der Waals surface area contributed by atoms with Gasteiger partial charge in [0.2, 0.25) is 0 Å². The molecule has 0 saturated heterocycles. The molecule has 4 aromatic rings. The third kappa shape index (κ3) is 6.44. The fourth-order valence-electron chi connectivity index (χ4n) is 3.43. The molecule has 0 unspecified atom stereocenters. The standard InChI is InChI=1S/C27H25NO6S2/c1-28-21-6-8-22(9-7-21)34-25-5-3-4-20(18-25)19-36(31,32)27-16-12-24(13-17-27)33-23-10-14-26(15-11-23)35(2,29)30/h3-18,28H,19H2,1-2H3. The van der Waals surface area contributed by atoms with Crippen molar-refractivity contribution in [2.24, 2.45) is 0 Å². The molecule has 1 N–H and O–H groups in total. The lowest BCUT2D eigenvalue weighted by molar-refractivity contribution is 0.481. The summed E-state index contributed by atoms with van der Waals surface area (Å²) >= 11 is 0. The van der Waals surface area contributed by atoms with Crippen LogP contribution in [-0.4, -0.2) is 30.1 Å². The van der Waals surface area contributed by atoms with Crippen molar-refractivity contribution in [2.45, 2.75) is 15.5 Å². The monoisotopic (exact) mass is 523 g/mol. The second kappa shape index (κ2) is 10.4. The van der Waals surface area contributed by atoms with Gasteiger partial charge in [-0.3, -0.25) is 0 Å². The van der Waals surface area contributed by atoms with Gasteiger partial charge in [0.1, 0.15) is 23.0 Å². The van der Waals surface area contributed by atoms with Gasteiger partial charge in [-0.15, -0.1) is 0 Å². The molecule has 0 fully saturated rings. The van der Waals surface area contributed by atoms with Gasteiger partial charge in [-0.1, -0.05) is 12.1 Å². The molecule has 7 nitrogen and oxygen atoms in total. The van der Waals surface area contributed by atoms with Crippen LogP contribution in [0.3, 0.4) is 0 Å². The highest BCUT2D eigenvalue weighted by Gasteiger charge is 2.16. The Morgan fingerprint density at radius 3 is 1.67 bits per heavy atom. The van der Waals surface area contributed by atoms with Crippen molar-refractivity contribution < 1.29 is 26.3 Å². The molecule has 0 aliphatic heterocycles. The lowest BCUT2D eigenvalue weighted by atomic mass is 10.2. The Hall–Kier alpha value is -3.82. The number of benzene rings is 4. The van der Waals surface area contributed by atoms with Gasteiger partial charge in [-0.05, 0) is 90.5 Å². The summed E-state index contributed by atoms with van der Waals surface area (Å²) < 4.78 is 60.7. The van der Waals surface area contributed by atoms with E-state index in [9.17, 15) is 16.8 Å². The minimum atomic E-state index is -3.61. The second-order valence-electron chi connectivity index (χ2n) is 8.10. The van der Waals surface area contributed by atoms with Crippen LogP contribution in [0.2, 0.25) is 0 Å². The molecule has 186 valence electrons. The van der Waals surface area contributed by atoms with Crippen LogP contribution in [0.5, 0.6) is 23.0 Å². The number of sulfone groups is 2. The molecule has 0 amide bonds. The maximum atomic E-state index is 13.0. The van der Waals surface area contributed by atoms with Gasteiger partial charge in [0.25, 0.3) is 0 Å². The lowest BCUT2D eigenvalue weighted by Gasteiger charge is -2.10. The van der Waals surface area contributed by atoms with E-state index in [-0.39, 0.29) is 15.5 Å². The minimum absolute atomic E-state index is 0.163. The zero-order valence-electron chi connectivity index (χ0n) is 19.7. The summed E-state index contributed by atoms with van der Waals surface area (Å²) in [7, 11) is -5.07. The van der Waals surface area contributed by atoms with Crippen LogP contribution in [0.15, 0.2) is 107 Å². The molecule has 0 aliphatic carbocycles. The first kappa shape index (κ1) is 25.3. The van der Waals surface area contributed by atoms with E-state index in [1.807, 2.05) is 31.3 Å². The Bertz CT molecular complexity index is 1550. The summed E-state index contributed by atoms with van der Waals surface area (Å²) in [5.74, 6) is 1.88. The molecule has 9 heteroatoms. The number of hydrogen-bond acceptors (Lipinski definition) is 7. The number of ether oxygens (including phenoxy) is 2. The van der Waals surface area contributed by atoms with Crippen molar-refractivity contribution in [2.75, 3.05) is 18.6 Å². The molecule has 0 aliphatic rings. The Morgan fingerprint density at radius 1 is 0.639 bits per heavy atom. The summed E-state index contributed by atoms with van der Waals surface area (Å²) in [6, 6.07) is 26.5. The third-order valence-electron chi connectivity index (χ3n) is 5.30. The molecule has 0 radical (unpaired) electrons. The fraction of sp³-hybridized carbons (Fsp3) is 0.111. The van der Waals surface area contributed by atoms with Crippen molar-refractivity contribution >= 4 is 25.4 Å². The molecule has 0 atom stereocenters. The van der Waals surface area contributed by atoms with Gasteiger partial charge in [-0.2, -0.15) is 0 Å². The SMILES string of the molecule is CNc1ccc(Oc2cccc(CS(=O)(=O)c3ccc(Oc4ccc(S(C)(=O)=O)cc4)cc3)c2)cc1. The highest BCUT2D eigenvalue weighted by molar-refractivity contribution is 7.91. The number of rotatable bonds is 9. The van der Waals surface area contributed by atoms with Crippen LogP contribution in [-0.2, 0) is 25.4 Å². The minimum Gasteiger partial charge on any atom is -0.457 e. The van der Waals surface area contributed by atoms with Crippen molar-refractivity contribution in [3.8, 4) is 23.0 Å². The van der Waals surface area contributed by atoms with Crippen molar-refractivity contribution in [1.82, 2.24) is 0 Å². The molecule has 0 heterocycles. The predicted molar refractivity (Wildman–Crippen MR) is 139 cm³/mol. The normalized spacial score (nSPS) is 11.6. The lowest BCUT2D eigenvalue weighted by Crippen LogP contribution is -2.05. The van der Waals surface area contributed by atoms with E-state index in [4.69, 9.17) is 9.47 Å². The predicted octanol–water partition coefficient (Wildman–Crippen LogP) is 5.69. The van der Waals surface area contributed by atoms with Crippen LogP contribution < -0.4 is 14.8 Å². The molecule has 0 spiro atoms. The topological polar surface area (TPSA) is 98.8 Å². The van der Waals surface area contributed by atoms with Crippen molar-refractivity contribution in [3.63, 3.8) is 0 Å². The molecular weight excluding hydrogens is 498 g/mol. The van der Waals surface area contributed by atoms with Crippen LogP contribution in [0.1, 0.15) is 5.56 Å². The third-order valence-corrected chi connectivity index (χ3v) is 8.14. The van der Waals surface area contributed by atoms with Crippen LogP contribution in [0.4, 0.5) is 5.69 Å². The summed E-state index contributed by atoms with van der Waals surface area (Å²) in [5, 5.41) is 3.04. The first-order valence-electron chi connectivity index (χ1n) is 11.0. The molecule has 0 aromatic heterocycles. The quantitative estimate of drug-likeness (QED) is 0.301. The average Bonchev–Trinajstić information content (AvgIpc) is 2.85. The summed E-state index contributed by atoms with van der Waals surface area (Å²) in [6.45, 7) is 0. The fourth-order valence-corrected chi connectivity index (χ4v) is 5.40. The Morgan fingerprint density at radius 2 is 1.14 bits per heavy atom. The number of anilines is 1. The van der Waals surface area contributed by atoms with Gasteiger partial charge in [0.05, 0.1) is 15.5 Å². The Balaban J connectivity index is 1.43. The van der Waals surface area contributed by atoms with Crippen molar-refractivity contribution in [3.05, 3.63) is 103 Å². The smallest absolute Gasteiger partial charge is 0.182 e. The van der Waals surface area contributed by atoms with E-state index < -0.39 is 19.7 Å². The van der Waals surface area contributed by atoms with Crippen LogP contribution in [0.25, 0.3) is 0 Å². The zero-order valence-corrected chi connectivity index (χ0v) is 21.3. The maximum absolute atomic E-state index is 13.0. The number of nitrogens with one attached hydrogen (secondary N) is 1. The zero-order chi connectivity index (χ0) is 25.8. The molecule has 0 saturated carbocycles. The molecular formula is C27H25NO6S2. The molecule has 4 aromatic carbocycles. The highest BCUT2D eigenvalue weighted by atomic mass is 32.2. The van der Waals surface area contributed by atoms with Gasteiger partial charge in [-0.25, -0.2) is 16.8 Å². The molecule has 36 heavy (non-hydrogen) atoms. The largest absolute Gasteiger partial charge is 0.457 e. The van der Waals surface area contributed by atoms with Crippen LogP contribution in [0, 0.1) is 0 Å².